The number of pyridine rings is 1. The molecular formula is C20H21N3O2. The van der Waals surface area contributed by atoms with E-state index in [2.05, 4.69) is 15.6 Å². The van der Waals surface area contributed by atoms with Gasteiger partial charge in [0.25, 0.3) is 0 Å². The van der Waals surface area contributed by atoms with Crippen LogP contribution in [0.25, 0.3) is 10.9 Å². The molecule has 5 heteroatoms. The van der Waals surface area contributed by atoms with Crippen molar-refractivity contribution in [3.05, 3.63) is 66.4 Å². The second-order valence-corrected chi connectivity index (χ2v) is 5.73. The van der Waals surface area contributed by atoms with Gasteiger partial charge in [-0.3, -0.25) is 4.98 Å². The smallest absolute Gasteiger partial charge is 0.319 e. The molecular weight excluding hydrogens is 314 g/mol. The summed E-state index contributed by atoms with van der Waals surface area (Å²) in [4.78, 5) is 16.4. The van der Waals surface area contributed by atoms with E-state index in [1.54, 1.807) is 6.20 Å². The molecule has 0 bridgehead atoms. The fourth-order valence-corrected chi connectivity index (χ4v) is 2.55. The van der Waals surface area contributed by atoms with Gasteiger partial charge in [-0.05, 0) is 37.1 Å². The zero-order chi connectivity index (χ0) is 17.5. The number of hydrogen-bond acceptors (Lipinski definition) is 3. The molecule has 1 aromatic heterocycles. The molecule has 3 rings (SSSR count). The number of hydrogen-bond donors (Lipinski definition) is 2. The van der Waals surface area contributed by atoms with Crippen LogP contribution in [0.1, 0.15) is 12.0 Å². The van der Waals surface area contributed by atoms with Crippen LogP contribution in [0, 0.1) is 6.92 Å². The molecule has 0 aliphatic rings. The average Bonchev–Trinajstić information content (AvgIpc) is 2.63. The molecule has 0 aliphatic carbocycles. The van der Waals surface area contributed by atoms with Gasteiger partial charge in [-0.15, -0.1) is 0 Å². The highest BCUT2D eigenvalue weighted by Crippen LogP contribution is 2.20. The number of carbonyl (C=O) groups is 1. The fourth-order valence-electron chi connectivity index (χ4n) is 2.55. The van der Waals surface area contributed by atoms with E-state index in [1.165, 1.54) is 0 Å². The van der Waals surface area contributed by atoms with E-state index in [1.807, 2.05) is 61.5 Å². The first-order valence-electron chi connectivity index (χ1n) is 8.31. The molecule has 0 saturated carbocycles. The van der Waals surface area contributed by atoms with Crippen LogP contribution in [0.2, 0.25) is 0 Å². The summed E-state index contributed by atoms with van der Waals surface area (Å²) in [5.41, 5.74) is 2.59. The Labute approximate surface area is 147 Å². The van der Waals surface area contributed by atoms with Gasteiger partial charge in [0.05, 0.1) is 17.8 Å². The number of aryl methyl sites for hydroxylation is 1. The predicted octanol–water partition coefficient (Wildman–Crippen LogP) is 4.13. The van der Waals surface area contributed by atoms with E-state index in [0.717, 1.165) is 28.6 Å². The number of nitrogens with one attached hydrogen (secondary N) is 2. The van der Waals surface area contributed by atoms with Crippen LogP contribution in [0.5, 0.6) is 5.75 Å². The van der Waals surface area contributed by atoms with E-state index in [9.17, 15) is 4.79 Å². The molecule has 0 radical (unpaired) electrons. The van der Waals surface area contributed by atoms with Gasteiger partial charge in [-0.1, -0.05) is 36.4 Å². The standard InChI is InChI=1S/C20H21N3O2/c1-15-7-2-3-11-18(15)25-14-6-13-22-20(24)23-17-10-4-8-16-9-5-12-21-19(16)17/h2-5,7-12H,6,13-14H2,1H3,(H2,22,23,24). The number of urea groups is 1. The molecule has 0 atom stereocenters. The number of fused-ring (bicyclic) bond motifs is 1. The minimum absolute atomic E-state index is 0.242. The molecule has 25 heavy (non-hydrogen) atoms. The van der Waals surface area contributed by atoms with Crippen LogP contribution in [0.3, 0.4) is 0 Å². The minimum atomic E-state index is -0.242. The van der Waals surface area contributed by atoms with Gasteiger partial charge < -0.3 is 15.4 Å². The van der Waals surface area contributed by atoms with E-state index in [-0.39, 0.29) is 6.03 Å². The quantitative estimate of drug-likeness (QED) is 0.666. The molecule has 1 heterocycles. The fraction of sp³-hybridized carbons (Fsp3) is 0.200. The average molecular weight is 335 g/mol. The summed E-state index contributed by atoms with van der Waals surface area (Å²) < 4.78 is 5.71. The predicted molar refractivity (Wildman–Crippen MR) is 100 cm³/mol. The first kappa shape index (κ1) is 16.8. The lowest BCUT2D eigenvalue weighted by Crippen LogP contribution is -2.30. The minimum Gasteiger partial charge on any atom is -0.493 e. The van der Waals surface area contributed by atoms with Crippen molar-refractivity contribution in [1.29, 1.82) is 0 Å². The third-order valence-electron chi connectivity index (χ3n) is 3.84. The number of aromatic nitrogens is 1. The Bertz CT molecular complexity index is 859. The zero-order valence-electron chi connectivity index (χ0n) is 14.2. The van der Waals surface area contributed by atoms with Gasteiger partial charge in [-0.25, -0.2) is 4.79 Å². The number of para-hydroxylation sites is 2. The second-order valence-electron chi connectivity index (χ2n) is 5.73. The zero-order valence-corrected chi connectivity index (χ0v) is 14.2. The van der Waals surface area contributed by atoms with Crippen molar-refractivity contribution < 1.29 is 9.53 Å². The normalized spacial score (nSPS) is 10.4. The third-order valence-corrected chi connectivity index (χ3v) is 3.84. The van der Waals surface area contributed by atoms with Crippen molar-refractivity contribution in [2.75, 3.05) is 18.5 Å². The molecule has 0 saturated heterocycles. The first-order chi connectivity index (χ1) is 12.2. The molecule has 3 aromatic rings. The Balaban J connectivity index is 1.44. The van der Waals surface area contributed by atoms with Crippen molar-refractivity contribution in [3.63, 3.8) is 0 Å². The number of ether oxygens (including phenoxy) is 1. The molecule has 128 valence electrons. The largest absolute Gasteiger partial charge is 0.493 e. The highest BCUT2D eigenvalue weighted by molar-refractivity contribution is 5.99. The number of amides is 2. The van der Waals surface area contributed by atoms with Crippen molar-refractivity contribution in [1.82, 2.24) is 10.3 Å². The topological polar surface area (TPSA) is 63.2 Å². The van der Waals surface area contributed by atoms with Gasteiger partial charge >= 0.3 is 6.03 Å². The summed E-state index contributed by atoms with van der Waals surface area (Å²) in [6, 6.07) is 17.2. The van der Waals surface area contributed by atoms with Crippen molar-refractivity contribution >= 4 is 22.6 Å². The Hall–Kier alpha value is -3.08. The number of nitrogens with zero attached hydrogens (tertiary/aromatic N) is 1. The molecule has 0 spiro atoms. The van der Waals surface area contributed by atoms with E-state index >= 15 is 0 Å². The van der Waals surface area contributed by atoms with Gasteiger partial charge in [0.2, 0.25) is 0 Å². The molecule has 2 N–H and O–H groups in total. The second kappa shape index (κ2) is 8.15. The van der Waals surface area contributed by atoms with Gasteiger partial charge in [0.15, 0.2) is 0 Å². The van der Waals surface area contributed by atoms with Crippen LogP contribution < -0.4 is 15.4 Å². The number of carbonyl (C=O) groups excluding carboxylic acids is 1. The maximum absolute atomic E-state index is 12.1. The van der Waals surface area contributed by atoms with Crippen molar-refractivity contribution in [2.45, 2.75) is 13.3 Å². The highest BCUT2D eigenvalue weighted by atomic mass is 16.5. The molecule has 2 aromatic carbocycles. The highest BCUT2D eigenvalue weighted by Gasteiger charge is 2.05. The lowest BCUT2D eigenvalue weighted by Gasteiger charge is -2.11. The lowest BCUT2D eigenvalue weighted by molar-refractivity contribution is 0.250. The summed E-state index contributed by atoms with van der Waals surface area (Å²) >= 11 is 0. The number of anilines is 1. The molecule has 2 amide bonds. The molecule has 0 aliphatic heterocycles. The summed E-state index contributed by atoms with van der Waals surface area (Å²) in [5, 5.41) is 6.68. The Morgan fingerprint density at radius 1 is 1.08 bits per heavy atom. The number of benzene rings is 2. The van der Waals surface area contributed by atoms with Crippen LogP contribution in [-0.4, -0.2) is 24.2 Å². The molecule has 0 fully saturated rings. The number of rotatable bonds is 6. The van der Waals surface area contributed by atoms with Crippen LogP contribution in [0.4, 0.5) is 10.5 Å². The maximum Gasteiger partial charge on any atom is 0.319 e. The molecule has 0 unspecified atom stereocenters. The monoisotopic (exact) mass is 335 g/mol. The lowest BCUT2D eigenvalue weighted by atomic mass is 10.2. The van der Waals surface area contributed by atoms with E-state index < -0.39 is 0 Å². The maximum atomic E-state index is 12.1. The van der Waals surface area contributed by atoms with E-state index in [0.29, 0.717) is 18.8 Å². The Kier molecular flexibility index (Phi) is 5.46. The summed E-state index contributed by atoms with van der Waals surface area (Å²) in [7, 11) is 0. The summed E-state index contributed by atoms with van der Waals surface area (Å²) in [5.74, 6) is 0.883. The van der Waals surface area contributed by atoms with Gasteiger partial charge in [0, 0.05) is 18.1 Å². The summed E-state index contributed by atoms with van der Waals surface area (Å²) in [6.07, 6.45) is 2.45. The van der Waals surface area contributed by atoms with Crippen LogP contribution >= 0.6 is 0 Å². The van der Waals surface area contributed by atoms with Crippen molar-refractivity contribution in [2.24, 2.45) is 0 Å². The van der Waals surface area contributed by atoms with Gasteiger partial charge in [-0.2, -0.15) is 0 Å². The summed E-state index contributed by atoms with van der Waals surface area (Å²) in [6.45, 7) is 3.11. The van der Waals surface area contributed by atoms with Gasteiger partial charge in [0.1, 0.15) is 5.75 Å². The molecule has 5 nitrogen and oxygen atoms in total. The Morgan fingerprint density at radius 3 is 2.80 bits per heavy atom. The Morgan fingerprint density at radius 2 is 1.92 bits per heavy atom. The van der Waals surface area contributed by atoms with E-state index in [4.69, 9.17) is 4.74 Å². The SMILES string of the molecule is Cc1ccccc1OCCCNC(=O)Nc1cccc2cccnc12. The van der Waals surface area contributed by atoms with Crippen LogP contribution in [0.15, 0.2) is 60.8 Å². The third kappa shape index (κ3) is 4.47. The van der Waals surface area contributed by atoms with Crippen LogP contribution in [-0.2, 0) is 0 Å². The first-order valence-corrected chi connectivity index (χ1v) is 8.31. The van der Waals surface area contributed by atoms with Crippen molar-refractivity contribution in [3.8, 4) is 5.75 Å².